The van der Waals surface area contributed by atoms with E-state index in [-0.39, 0.29) is 11.8 Å². The van der Waals surface area contributed by atoms with E-state index in [0.717, 1.165) is 11.1 Å². The molecule has 2 amide bonds. The van der Waals surface area contributed by atoms with Crippen molar-refractivity contribution in [1.82, 2.24) is 0 Å². The number of anilines is 1. The quantitative estimate of drug-likeness (QED) is 0.236. The molecule has 0 N–H and O–H groups in total. The predicted molar refractivity (Wildman–Crippen MR) is 104 cm³/mol. The number of hydrogen-bond acceptors (Lipinski definition) is 2. The summed E-state index contributed by atoms with van der Waals surface area (Å²) in [5, 5.41) is 0. The van der Waals surface area contributed by atoms with Gasteiger partial charge in [0, 0.05) is 17.9 Å². The van der Waals surface area contributed by atoms with E-state index in [9.17, 15) is 9.59 Å². The molecule has 1 heterocycles. The lowest BCUT2D eigenvalue weighted by Crippen LogP contribution is -2.29. The van der Waals surface area contributed by atoms with Gasteiger partial charge in [-0.1, -0.05) is 6.07 Å². The number of imide groups is 1. The minimum Gasteiger partial charge on any atom is -0.268 e. The van der Waals surface area contributed by atoms with Gasteiger partial charge in [0.25, 0.3) is 11.8 Å². The Kier molecular flexibility index (Phi) is 4.59. The van der Waals surface area contributed by atoms with Crippen molar-refractivity contribution in [1.29, 1.82) is 0 Å². The molecule has 7 heteroatoms. The molecule has 0 spiro atoms. The molecular formula is C16H9Br4NO2. The van der Waals surface area contributed by atoms with Crippen molar-refractivity contribution < 1.29 is 9.59 Å². The zero-order valence-corrected chi connectivity index (χ0v) is 18.4. The summed E-state index contributed by atoms with van der Waals surface area (Å²) in [6.45, 7) is 3.94. The van der Waals surface area contributed by atoms with Crippen LogP contribution < -0.4 is 4.90 Å². The van der Waals surface area contributed by atoms with Gasteiger partial charge in [-0.3, -0.25) is 9.59 Å². The van der Waals surface area contributed by atoms with Gasteiger partial charge in [0.05, 0.1) is 16.8 Å². The smallest absolute Gasteiger partial charge is 0.267 e. The Balaban J connectivity index is 2.24. The van der Waals surface area contributed by atoms with Gasteiger partial charge < -0.3 is 0 Å². The molecule has 0 unspecified atom stereocenters. The van der Waals surface area contributed by atoms with Gasteiger partial charge in [-0.15, -0.1) is 0 Å². The minimum absolute atomic E-state index is 0.339. The summed E-state index contributed by atoms with van der Waals surface area (Å²) < 4.78 is 2.50. The Bertz CT molecular complexity index is 845. The number of amides is 2. The molecule has 3 rings (SSSR count). The zero-order valence-electron chi connectivity index (χ0n) is 12.0. The van der Waals surface area contributed by atoms with Gasteiger partial charge in [0.2, 0.25) is 0 Å². The summed E-state index contributed by atoms with van der Waals surface area (Å²) in [5.41, 5.74) is 3.42. The summed E-state index contributed by atoms with van der Waals surface area (Å²) in [6, 6.07) is 5.54. The molecular weight excluding hydrogens is 558 g/mol. The van der Waals surface area contributed by atoms with Gasteiger partial charge in [-0.05, 0) is 101 Å². The van der Waals surface area contributed by atoms with Crippen molar-refractivity contribution in [3.8, 4) is 0 Å². The van der Waals surface area contributed by atoms with E-state index >= 15 is 0 Å². The normalized spacial score (nSPS) is 13.7. The summed E-state index contributed by atoms with van der Waals surface area (Å²) in [6.07, 6.45) is 0. The van der Waals surface area contributed by atoms with E-state index in [0.29, 0.717) is 34.7 Å². The number of halogens is 4. The summed E-state index contributed by atoms with van der Waals surface area (Å²) in [4.78, 5) is 26.9. The van der Waals surface area contributed by atoms with E-state index < -0.39 is 0 Å². The van der Waals surface area contributed by atoms with Crippen molar-refractivity contribution in [3.63, 3.8) is 0 Å². The second-order valence-electron chi connectivity index (χ2n) is 5.22. The van der Waals surface area contributed by atoms with Crippen LogP contribution in [0.2, 0.25) is 0 Å². The molecule has 0 aromatic heterocycles. The molecule has 1 aliphatic rings. The standard InChI is InChI=1S/C16H9Br4NO2/c1-6-3-4-8(5-7(6)2)21-15(22)9-10(16(21)23)12(18)14(20)13(19)11(9)17/h3-5H,1-2H3. The van der Waals surface area contributed by atoms with Crippen LogP contribution in [0.1, 0.15) is 31.8 Å². The van der Waals surface area contributed by atoms with Crippen molar-refractivity contribution in [2.75, 3.05) is 4.90 Å². The largest absolute Gasteiger partial charge is 0.268 e. The van der Waals surface area contributed by atoms with E-state index in [1.807, 2.05) is 26.0 Å². The maximum Gasteiger partial charge on any atom is 0.267 e. The topological polar surface area (TPSA) is 37.4 Å². The van der Waals surface area contributed by atoms with Crippen LogP contribution in [0.4, 0.5) is 5.69 Å². The lowest BCUT2D eigenvalue weighted by atomic mass is 10.1. The number of carbonyl (C=O) groups excluding carboxylic acids is 2. The van der Waals surface area contributed by atoms with Crippen molar-refractivity contribution in [3.05, 3.63) is 58.3 Å². The molecule has 23 heavy (non-hydrogen) atoms. The molecule has 0 aliphatic carbocycles. The second kappa shape index (κ2) is 6.10. The first-order valence-electron chi connectivity index (χ1n) is 6.57. The maximum atomic E-state index is 12.9. The third-order valence-corrected chi connectivity index (χ3v) is 8.62. The minimum atomic E-state index is -0.339. The molecule has 0 radical (unpaired) electrons. The lowest BCUT2D eigenvalue weighted by Gasteiger charge is -2.15. The number of rotatable bonds is 1. The number of carbonyl (C=O) groups is 2. The molecule has 118 valence electrons. The molecule has 0 saturated carbocycles. The Morgan fingerprint density at radius 3 is 1.65 bits per heavy atom. The van der Waals surface area contributed by atoms with Crippen LogP contribution >= 0.6 is 63.7 Å². The monoisotopic (exact) mass is 563 g/mol. The average Bonchev–Trinajstić information content (AvgIpc) is 2.77. The van der Waals surface area contributed by atoms with Gasteiger partial charge in [-0.2, -0.15) is 0 Å². The first-order chi connectivity index (χ1) is 10.8. The number of hydrogen-bond donors (Lipinski definition) is 0. The Morgan fingerprint density at radius 2 is 1.22 bits per heavy atom. The number of aryl methyl sites for hydroxylation is 2. The van der Waals surface area contributed by atoms with Gasteiger partial charge >= 0.3 is 0 Å². The summed E-state index contributed by atoms with van der Waals surface area (Å²) >= 11 is 13.7. The first-order valence-corrected chi connectivity index (χ1v) is 9.75. The fraction of sp³-hybridized carbons (Fsp3) is 0.125. The average molecular weight is 567 g/mol. The van der Waals surface area contributed by atoms with Crippen LogP contribution in [0.25, 0.3) is 0 Å². The van der Waals surface area contributed by atoms with Crippen LogP contribution in [0.3, 0.4) is 0 Å². The number of fused-ring (bicyclic) bond motifs is 1. The van der Waals surface area contributed by atoms with Gasteiger partial charge in [0.15, 0.2) is 0 Å². The highest BCUT2D eigenvalue weighted by molar-refractivity contribution is 9.15. The number of nitrogens with zero attached hydrogens (tertiary/aromatic N) is 1. The van der Waals surface area contributed by atoms with Crippen LogP contribution in [0.5, 0.6) is 0 Å². The Morgan fingerprint density at radius 1 is 0.739 bits per heavy atom. The van der Waals surface area contributed by atoms with Crippen molar-refractivity contribution >= 4 is 81.2 Å². The van der Waals surface area contributed by atoms with E-state index in [1.54, 1.807) is 6.07 Å². The van der Waals surface area contributed by atoms with Gasteiger partial charge in [0.1, 0.15) is 0 Å². The van der Waals surface area contributed by atoms with Crippen LogP contribution in [0, 0.1) is 13.8 Å². The van der Waals surface area contributed by atoms with Crippen LogP contribution in [-0.4, -0.2) is 11.8 Å². The highest BCUT2D eigenvalue weighted by atomic mass is 79.9. The van der Waals surface area contributed by atoms with E-state index in [1.165, 1.54) is 4.90 Å². The SMILES string of the molecule is Cc1ccc(N2C(=O)c3c(Br)c(Br)c(Br)c(Br)c3C2=O)cc1C. The molecule has 0 fully saturated rings. The molecule has 0 saturated heterocycles. The van der Waals surface area contributed by atoms with E-state index in [2.05, 4.69) is 63.7 Å². The highest BCUT2D eigenvalue weighted by Crippen LogP contribution is 2.46. The van der Waals surface area contributed by atoms with Gasteiger partial charge in [-0.25, -0.2) is 4.90 Å². The lowest BCUT2D eigenvalue weighted by molar-refractivity contribution is 0.0925. The van der Waals surface area contributed by atoms with Crippen LogP contribution in [-0.2, 0) is 0 Å². The summed E-state index contributed by atoms with van der Waals surface area (Å²) in [5.74, 6) is -0.678. The first kappa shape index (κ1) is 17.3. The Labute approximate surface area is 166 Å². The fourth-order valence-corrected chi connectivity index (χ4v) is 4.91. The fourth-order valence-electron chi connectivity index (χ4n) is 2.45. The molecule has 2 aromatic rings. The summed E-state index contributed by atoms with van der Waals surface area (Å²) in [7, 11) is 0. The Hall–Kier alpha value is -0.500. The zero-order chi connectivity index (χ0) is 17.0. The molecule has 0 bridgehead atoms. The maximum absolute atomic E-state index is 12.9. The molecule has 1 aliphatic heterocycles. The second-order valence-corrected chi connectivity index (χ2v) is 8.39. The third kappa shape index (κ3) is 2.56. The van der Waals surface area contributed by atoms with E-state index in [4.69, 9.17) is 0 Å². The predicted octanol–water partition coefficient (Wildman–Crippen LogP) is 6.15. The molecule has 3 nitrogen and oxygen atoms in total. The van der Waals surface area contributed by atoms with Crippen molar-refractivity contribution in [2.24, 2.45) is 0 Å². The third-order valence-electron chi connectivity index (χ3n) is 3.85. The molecule has 2 aromatic carbocycles. The van der Waals surface area contributed by atoms with Crippen molar-refractivity contribution in [2.45, 2.75) is 13.8 Å². The van der Waals surface area contributed by atoms with Crippen LogP contribution in [0.15, 0.2) is 36.1 Å². The highest BCUT2D eigenvalue weighted by Gasteiger charge is 2.41. The number of benzene rings is 2. The molecule has 0 atom stereocenters.